The maximum atomic E-state index is 11.9. The Labute approximate surface area is 111 Å². The molecule has 19 heavy (non-hydrogen) atoms. The molecule has 0 aromatic carbocycles. The molecule has 0 aliphatic heterocycles. The van der Waals surface area contributed by atoms with Gasteiger partial charge in [0.15, 0.2) is 6.10 Å². The molecule has 1 amide bonds. The first-order valence-electron chi connectivity index (χ1n) is 6.21. The number of ether oxygens (including phenoxy) is 1. The molecule has 0 bridgehead atoms. The molecule has 1 aliphatic rings. The number of rotatable bonds is 4. The lowest BCUT2D eigenvalue weighted by Gasteiger charge is -2.14. The quantitative estimate of drug-likeness (QED) is 0.783. The first-order chi connectivity index (χ1) is 8.97. The second kappa shape index (κ2) is 5.26. The SMILES string of the molecule is Cc1ncc(N)cc1C(=O)OC(C)C(=O)NC1CC1. The summed E-state index contributed by atoms with van der Waals surface area (Å²) < 4.78 is 5.12. The summed E-state index contributed by atoms with van der Waals surface area (Å²) in [6.45, 7) is 3.23. The van der Waals surface area contributed by atoms with Crippen LogP contribution in [-0.4, -0.2) is 29.0 Å². The van der Waals surface area contributed by atoms with E-state index in [0.29, 0.717) is 11.4 Å². The zero-order valence-electron chi connectivity index (χ0n) is 11.0. The van der Waals surface area contributed by atoms with Crippen LogP contribution in [0.15, 0.2) is 12.3 Å². The van der Waals surface area contributed by atoms with Gasteiger partial charge in [-0.05, 0) is 32.8 Å². The highest BCUT2D eigenvalue weighted by molar-refractivity contribution is 5.93. The number of anilines is 1. The summed E-state index contributed by atoms with van der Waals surface area (Å²) in [6, 6.07) is 1.74. The number of nitrogens with one attached hydrogen (secondary N) is 1. The molecule has 1 aromatic heterocycles. The second-order valence-electron chi connectivity index (χ2n) is 4.73. The fraction of sp³-hybridized carbons (Fsp3) is 0.462. The predicted octanol–water partition coefficient (Wildman–Crippen LogP) is 0.796. The number of hydrogen-bond acceptors (Lipinski definition) is 5. The molecule has 0 spiro atoms. The first-order valence-corrected chi connectivity index (χ1v) is 6.21. The van der Waals surface area contributed by atoms with Crippen LogP contribution in [0, 0.1) is 6.92 Å². The van der Waals surface area contributed by atoms with Gasteiger partial charge in [0, 0.05) is 6.04 Å². The topological polar surface area (TPSA) is 94.3 Å². The summed E-state index contributed by atoms with van der Waals surface area (Å²) in [5.74, 6) is -0.860. The molecule has 1 atom stereocenters. The van der Waals surface area contributed by atoms with E-state index in [4.69, 9.17) is 10.5 Å². The van der Waals surface area contributed by atoms with E-state index >= 15 is 0 Å². The number of nitrogens with zero attached hydrogens (tertiary/aromatic N) is 1. The van der Waals surface area contributed by atoms with E-state index in [-0.39, 0.29) is 17.5 Å². The van der Waals surface area contributed by atoms with Crippen LogP contribution in [0.3, 0.4) is 0 Å². The van der Waals surface area contributed by atoms with Crippen molar-refractivity contribution >= 4 is 17.6 Å². The minimum absolute atomic E-state index is 0.240. The number of esters is 1. The van der Waals surface area contributed by atoms with Crippen molar-refractivity contribution in [2.24, 2.45) is 0 Å². The van der Waals surface area contributed by atoms with Crippen molar-refractivity contribution < 1.29 is 14.3 Å². The van der Waals surface area contributed by atoms with Gasteiger partial charge in [0.25, 0.3) is 5.91 Å². The van der Waals surface area contributed by atoms with Crippen molar-refractivity contribution in [3.63, 3.8) is 0 Å². The van der Waals surface area contributed by atoms with Crippen molar-refractivity contribution in [3.05, 3.63) is 23.5 Å². The van der Waals surface area contributed by atoms with Crippen LogP contribution in [0.2, 0.25) is 0 Å². The van der Waals surface area contributed by atoms with Crippen LogP contribution in [0.1, 0.15) is 35.8 Å². The Kier molecular flexibility index (Phi) is 3.69. The fourth-order valence-corrected chi connectivity index (χ4v) is 1.58. The van der Waals surface area contributed by atoms with Crippen molar-refractivity contribution in [2.45, 2.75) is 38.8 Å². The number of hydrogen-bond donors (Lipinski definition) is 2. The Hall–Kier alpha value is -2.11. The number of pyridine rings is 1. The number of nitrogens with two attached hydrogens (primary N) is 1. The molecule has 102 valence electrons. The van der Waals surface area contributed by atoms with Gasteiger partial charge in [-0.1, -0.05) is 0 Å². The second-order valence-corrected chi connectivity index (χ2v) is 4.73. The van der Waals surface area contributed by atoms with Crippen molar-refractivity contribution in [3.8, 4) is 0 Å². The number of aryl methyl sites for hydroxylation is 1. The highest BCUT2D eigenvalue weighted by atomic mass is 16.5. The largest absolute Gasteiger partial charge is 0.449 e. The van der Waals surface area contributed by atoms with Crippen LogP contribution < -0.4 is 11.1 Å². The lowest BCUT2D eigenvalue weighted by Crippen LogP contribution is -2.37. The smallest absolute Gasteiger partial charge is 0.340 e. The standard InChI is InChI=1S/C13H17N3O3/c1-7-11(5-9(14)6-15-7)13(18)19-8(2)12(17)16-10-3-4-10/h5-6,8,10H,3-4,14H2,1-2H3,(H,16,17). The summed E-state index contributed by atoms with van der Waals surface area (Å²) in [5.41, 5.74) is 6.77. The third-order valence-corrected chi connectivity index (χ3v) is 2.90. The van der Waals surface area contributed by atoms with E-state index in [1.54, 1.807) is 13.8 Å². The Balaban J connectivity index is 1.99. The Morgan fingerprint density at radius 3 is 2.84 bits per heavy atom. The van der Waals surface area contributed by atoms with Crippen LogP contribution in [-0.2, 0) is 9.53 Å². The third kappa shape index (κ3) is 3.43. The number of carbonyl (C=O) groups excluding carboxylic acids is 2. The van der Waals surface area contributed by atoms with Crippen molar-refractivity contribution in [1.29, 1.82) is 0 Å². The van der Waals surface area contributed by atoms with Gasteiger partial charge in [0.1, 0.15) is 0 Å². The third-order valence-electron chi connectivity index (χ3n) is 2.90. The van der Waals surface area contributed by atoms with E-state index in [1.807, 2.05) is 0 Å². The monoisotopic (exact) mass is 263 g/mol. The van der Waals surface area contributed by atoms with Gasteiger partial charge in [-0.25, -0.2) is 4.79 Å². The Morgan fingerprint density at radius 2 is 2.21 bits per heavy atom. The lowest BCUT2D eigenvalue weighted by molar-refractivity contribution is -0.129. The molecule has 1 unspecified atom stereocenters. The number of nitrogen functional groups attached to an aromatic ring is 1. The molecule has 1 fully saturated rings. The predicted molar refractivity (Wildman–Crippen MR) is 69.4 cm³/mol. The molecule has 1 aromatic rings. The van der Waals surface area contributed by atoms with Gasteiger partial charge in [-0.15, -0.1) is 0 Å². The average Bonchev–Trinajstić information content (AvgIpc) is 3.15. The van der Waals surface area contributed by atoms with Gasteiger partial charge >= 0.3 is 5.97 Å². The van der Waals surface area contributed by atoms with E-state index < -0.39 is 12.1 Å². The zero-order valence-corrected chi connectivity index (χ0v) is 11.0. The first kappa shape index (κ1) is 13.3. The molecule has 1 heterocycles. The Morgan fingerprint density at radius 1 is 1.53 bits per heavy atom. The minimum atomic E-state index is -0.825. The highest BCUT2D eigenvalue weighted by Gasteiger charge is 2.27. The molecule has 1 saturated carbocycles. The number of aromatic nitrogens is 1. The van der Waals surface area contributed by atoms with Gasteiger partial charge < -0.3 is 15.8 Å². The van der Waals surface area contributed by atoms with Gasteiger partial charge in [-0.3, -0.25) is 9.78 Å². The lowest BCUT2D eigenvalue weighted by atomic mass is 10.2. The van der Waals surface area contributed by atoms with E-state index in [1.165, 1.54) is 12.3 Å². The number of carbonyl (C=O) groups is 2. The van der Waals surface area contributed by atoms with Gasteiger partial charge in [-0.2, -0.15) is 0 Å². The molecular formula is C13H17N3O3. The van der Waals surface area contributed by atoms with Crippen LogP contribution in [0.5, 0.6) is 0 Å². The molecule has 6 heteroatoms. The molecule has 0 saturated heterocycles. The highest BCUT2D eigenvalue weighted by Crippen LogP contribution is 2.19. The molecule has 2 rings (SSSR count). The zero-order chi connectivity index (χ0) is 14.0. The van der Waals surface area contributed by atoms with Crippen LogP contribution in [0.4, 0.5) is 5.69 Å². The maximum Gasteiger partial charge on any atom is 0.340 e. The van der Waals surface area contributed by atoms with Gasteiger partial charge in [0.05, 0.1) is 23.1 Å². The summed E-state index contributed by atoms with van der Waals surface area (Å²) >= 11 is 0. The van der Waals surface area contributed by atoms with Crippen LogP contribution >= 0.6 is 0 Å². The normalized spacial score (nSPS) is 15.7. The summed E-state index contributed by atoms with van der Waals surface area (Å²) in [4.78, 5) is 27.6. The summed E-state index contributed by atoms with van der Waals surface area (Å²) in [7, 11) is 0. The van der Waals surface area contributed by atoms with E-state index in [9.17, 15) is 9.59 Å². The minimum Gasteiger partial charge on any atom is -0.449 e. The molecular weight excluding hydrogens is 246 g/mol. The molecule has 3 N–H and O–H groups in total. The molecule has 6 nitrogen and oxygen atoms in total. The van der Waals surface area contributed by atoms with E-state index in [2.05, 4.69) is 10.3 Å². The maximum absolute atomic E-state index is 11.9. The summed E-state index contributed by atoms with van der Waals surface area (Å²) in [5, 5.41) is 2.78. The van der Waals surface area contributed by atoms with Crippen LogP contribution in [0.25, 0.3) is 0 Å². The average molecular weight is 263 g/mol. The fourth-order valence-electron chi connectivity index (χ4n) is 1.58. The van der Waals surface area contributed by atoms with Crippen molar-refractivity contribution in [2.75, 3.05) is 5.73 Å². The summed E-state index contributed by atoms with van der Waals surface area (Å²) in [6.07, 6.45) is 2.62. The molecule has 1 aliphatic carbocycles. The van der Waals surface area contributed by atoms with Crippen molar-refractivity contribution in [1.82, 2.24) is 10.3 Å². The van der Waals surface area contributed by atoms with E-state index in [0.717, 1.165) is 12.8 Å². The Bertz CT molecular complexity index is 512. The number of amides is 1. The van der Waals surface area contributed by atoms with Gasteiger partial charge in [0.2, 0.25) is 0 Å². The molecule has 0 radical (unpaired) electrons.